The van der Waals surface area contributed by atoms with Gasteiger partial charge in [0, 0.05) is 26.2 Å². The summed E-state index contributed by atoms with van der Waals surface area (Å²) in [4.78, 5) is 15.1. The average molecular weight is 427 g/mol. The number of hydrogen-bond acceptors (Lipinski definition) is 3. The van der Waals surface area contributed by atoms with Gasteiger partial charge in [-0.15, -0.1) is 0 Å². The van der Waals surface area contributed by atoms with E-state index >= 15 is 0 Å². The van der Waals surface area contributed by atoms with Crippen LogP contribution in [-0.2, 0) is 10.0 Å². The molecule has 0 spiro atoms. The summed E-state index contributed by atoms with van der Waals surface area (Å²) < 4.78 is 28.0. The Hall–Kier alpha value is -1.11. The van der Waals surface area contributed by atoms with Crippen molar-refractivity contribution in [2.45, 2.75) is 45.4 Å². The lowest BCUT2D eigenvalue weighted by Crippen LogP contribution is -2.43. The smallest absolute Gasteiger partial charge is 0.255 e. The van der Waals surface area contributed by atoms with Crippen LogP contribution in [0.2, 0.25) is 5.02 Å². The van der Waals surface area contributed by atoms with Crippen molar-refractivity contribution in [2.24, 2.45) is 23.7 Å². The normalized spacial score (nSPS) is 29.7. The fraction of sp³-hybridized carbons (Fsp3) is 0.667. The standard InChI is InChI=1S/C21H31ClN2O3S/c1-14-7-15(2)11-23(10-14)21(25)19-9-18(5-6-20(19)22)28(26,27)24-12-16(3)8-17(4)13-24/h5-6,9,14-17H,7-8,10-13H2,1-4H3. The number of carbonyl (C=O) groups is 1. The zero-order chi connectivity index (χ0) is 20.6. The molecule has 2 saturated heterocycles. The fourth-order valence-corrected chi connectivity index (χ4v) is 6.68. The summed E-state index contributed by atoms with van der Waals surface area (Å²) in [6.45, 7) is 10.8. The first kappa shape index (κ1) is 21.6. The van der Waals surface area contributed by atoms with Crippen LogP contribution in [0, 0.1) is 23.7 Å². The molecule has 7 heteroatoms. The van der Waals surface area contributed by atoms with E-state index < -0.39 is 10.0 Å². The lowest BCUT2D eigenvalue weighted by molar-refractivity contribution is 0.0623. The van der Waals surface area contributed by atoms with Gasteiger partial charge in [0.2, 0.25) is 10.0 Å². The van der Waals surface area contributed by atoms with E-state index in [9.17, 15) is 13.2 Å². The first-order valence-electron chi connectivity index (χ1n) is 10.2. The third-order valence-electron chi connectivity index (χ3n) is 5.80. The SMILES string of the molecule is CC1CC(C)CN(C(=O)c2cc(S(=O)(=O)N3CC(C)CC(C)C3)ccc2Cl)C1. The third kappa shape index (κ3) is 4.55. The van der Waals surface area contributed by atoms with Crippen LogP contribution in [0.1, 0.15) is 50.9 Å². The molecule has 0 bridgehead atoms. The largest absolute Gasteiger partial charge is 0.338 e. The number of hydrogen-bond donors (Lipinski definition) is 0. The van der Waals surface area contributed by atoms with Gasteiger partial charge in [0.05, 0.1) is 15.5 Å². The molecular weight excluding hydrogens is 396 g/mol. The van der Waals surface area contributed by atoms with Crippen LogP contribution in [0.25, 0.3) is 0 Å². The minimum atomic E-state index is -3.65. The molecule has 0 aromatic heterocycles. The number of benzene rings is 1. The second-order valence-electron chi connectivity index (χ2n) is 9.07. The van der Waals surface area contributed by atoms with Crippen molar-refractivity contribution in [3.05, 3.63) is 28.8 Å². The van der Waals surface area contributed by atoms with Crippen LogP contribution in [-0.4, -0.2) is 49.7 Å². The van der Waals surface area contributed by atoms with Crippen LogP contribution in [0.3, 0.4) is 0 Å². The first-order chi connectivity index (χ1) is 13.1. The Morgan fingerprint density at radius 2 is 1.43 bits per heavy atom. The molecule has 28 heavy (non-hydrogen) atoms. The first-order valence-corrected chi connectivity index (χ1v) is 12.0. The van der Waals surface area contributed by atoms with E-state index in [2.05, 4.69) is 27.7 Å². The van der Waals surface area contributed by atoms with Gasteiger partial charge in [-0.25, -0.2) is 8.42 Å². The summed E-state index contributed by atoms with van der Waals surface area (Å²) in [5.41, 5.74) is 0.280. The van der Waals surface area contributed by atoms with Gasteiger partial charge in [-0.05, 0) is 54.7 Å². The number of carbonyl (C=O) groups excluding carboxylic acids is 1. The highest BCUT2D eigenvalue weighted by Crippen LogP contribution is 2.30. The van der Waals surface area contributed by atoms with Gasteiger partial charge in [0.1, 0.15) is 0 Å². The monoisotopic (exact) mass is 426 g/mol. The number of amides is 1. The predicted octanol–water partition coefficient (Wildman–Crippen LogP) is 4.12. The molecule has 2 aliphatic rings. The van der Waals surface area contributed by atoms with Gasteiger partial charge in [0.15, 0.2) is 0 Å². The lowest BCUT2D eigenvalue weighted by Gasteiger charge is -2.35. The van der Waals surface area contributed by atoms with E-state index in [1.54, 1.807) is 4.31 Å². The van der Waals surface area contributed by atoms with Crippen molar-refractivity contribution in [3.63, 3.8) is 0 Å². The quantitative estimate of drug-likeness (QED) is 0.730. The maximum absolute atomic E-state index is 13.2. The summed E-state index contributed by atoms with van der Waals surface area (Å²) in [6, 6.07) is 4.52. The van der Waals surface area contributed by atoms with Crippen molar-refractivity contribution in [1.82, 2.24) is 9.21 Å². The highest BCUT2D eigenvalue weighted by molar-refractivity contribution is 7.89. The second-order valence-corrected chi connectivity index (χ2v) is 11.4. The zero-order valence-corrected chi connectivity index (χ0v) is 18.8. The van der Waals surface area contributed by atoms with Gasteiger partial charge < -0.3 is 4.90 Å². The van der Waals surface area contributed by atoms with E-state index in [0.29, 0.717) is 54.9 Å². The lowest BCUT2D eigenvalue weighted by atomic mass is 9.91. The van der Waals surface area contributed by atoms with Gasteiger partial charge in [-0.2, -0.15) is 4.31 Å². The Morgan fingerprint density at radius 3 is 1.96 bits per heavy atom. The second kappa shape index (κ2) is 8.33. The molecule has 3 rings (SSSR count). The van der Waals surface area contributed by atoms with Gasteiger partial charge in [-0.3, -0.25) is 4.79 Å². The fourth-order valence-electron chi connectivity index (χ4n) is 4.78. The van der Waals surface area contributed by atoms with Gasteiger partial charge in [-0.1, -0.05) is 39.3 Å². The Morgan fingerprint density at radius 1 is 0.929 bits per heavy atom. The van der Waals surface area contributed by atoms with Crippen molar-refractivity contribution in [3.8, 4) is 0 Å². The van der Waals surface area contributed by atoms with Gasteiger partial charge in [0.25, 0.3) is 5.91 Å². The van der Waals surface area contributed by atoms with Crippen molar-refractivity contribution in [1.29, 1.82) is 0 Å². The molecule has 1 amide bonds. The number of rotatable bonds is 3. The third-order valence-corrected chi connectivity index (χ3v) is 7.95. The summed E-state index contributed by atoms with van der Waals surface area (Å²) in [6.07, 6.45) is 2.12. The Balaban J connectivity index is 1.89. The number of nitrogens with zero attached hydrogens (tertiary/aromatic N) is 2. The molecule has 5 nitrogen and oxygen atoms in total. The van der Waals surface area contributed by atoms with Crippen LogP contribution < -0.4 is 0 Å². The number of halogens is 1. The highest BCUT2D eigenvalue weighted by Gasteiger charge is 2.33. The van der Waals surface area contributed by atoms with Crippen LogP contribution >= 0.6 is 11.6 Å². The Labute approximate surface area is 174 Å². The average Bonchev–Trinajstić information content (AvgIpc) is 2.59. The van der Waals surface area contributed by atoms with E-state index in [4.69, 9.17) is 11.6 Å². The maximum atomic E-state index is 13.2. The zero-order valence-electron chi connectivity index (χ0n) is 17.2. The summed E-state index contributed by atoms with van der Waals surface area (Å²) in [7, 11) is -3.65. The minimum Gasteiger partial charge on any atom is -0.338 e. The highest BCUT2D eigenvalue weighted by atomic mass is 35.5. The van der Waals surface area contributed by atoms with E-state index in [1.165, 1.54) is 18.2 Å². The van der Waals surface area contributed by atoms with E-state index in [0.717, 1.165) is 12.8 Å². The van der Waals surface area contributed by atoms with Crippen LogP contribution in [0.15, 0.2) is 23.1 Å². The summed E-state index contributed by atoms with van der Waals surface area (Å²) >= 11 is 6.31. The number of piperidine rings is 2. The van der Waals surface area contributed by atoms with Crippen molar-refractivity contribution in [2.75, 3.05) is 26.2 Å². The molecule has 4 unspecified atom stereocenters. The molecule has 2 heterocycles. The topological polar surface area (TPSA) is 57.7 Å². The van der Waals surface area contributed by atoms with Crippen LogP contribution in [0.5, 0.6) is 0 Å². The summed E-state index contributed by atoms with van der Waals surface area (Å²) in [5, 5.41) is 0.301. The van der Waals surface area contributed by atoms with Crippen molar-refractivity contribution >= 4 is 27.5 Å². The molecule has 1 aromatic carbocycles. The maximum Gasteiger partial charge on any atom is 0.255 e. The summed E-state index contributed by atoms with van der Waals surface area (Å²) in [5.74, 6) is 1.32. The van der Waals surface area contributed by atoms with Gasteiger partial charge >= 0.3 is 0 Å². The Bertz CT molecular complexity index is 822. The number of likely N-dealkylation sites (tertiary alicyclic amines) is 1. The molecule has 1 aromatic rings. The predicted molar refractivity (Wildman–Crippen MR) is 112 cm³/mol. The molecular formula is C21H31ClN2O3S. The minimum absolute atomic E-state index is 0.152. The van der Waals surface area contributed by atoms with Crippen molar-refractivity contribution < 1.29 is 13.2 Å². The molecule has 0 aliphatic carbocycles. The Kier molecular flexibility index (Phi) is 6.42. The van der Waals surface area contributed by atoms with Crippen LogP contribution in [0.4, 0.5) is 0 Å². The molecule has 156 valence electrons. The molecule has 4 atom stereocenters. The molecule has 0 N–H and O–H groups in total. The molecule has 0 radical (unpaired) electrons. The van der Waals surface area contributed by atoms with E-state index in [-0.39, 0.29) is 16.4 Å². The molecule has 2 fully saturated rings. The molecule has 0 saturated carbocycles. The van der Waals surface area contributed by atoms with E-state index in [1.807, 2.05) is 4.90 Å². The number of sulfonamides is 1. The molecule has 2 aliphatic heterocycles.